The summed E-state index contributed by atoms with van der Waals surface area (Å²) in [4.78, 5) is 25.5. The summed E-state index contributed by atoms with van der Waals surface area (Å²) < 4.78 is 31.6. The molecule has 0 atom stereocenters. The van der Waals surface area contributed by atoms with E-state index >= 15 is 0 Å². The summed E-state index contributed by atoms with van der Waals surface area (Å²) in [5.41, 5.74) is 0.0814. The molecule has 0 aliphatic carbocycles. The first-order valence-corrected chi connectivity index (χ1v) is 8.02. The minimum atomic E-state index is -1.21. The maximum atomic E-state index is 13.3. The molecule has 0 aliphatic rings. The Hall–Kier alpha value is -2.38. The Morgan fingerprint density at radius 2 is 1.81 bits per heavy atom. The molecule has 26 heavy (non-hydrogen) atoms. The number of carbonyl (C=O) groups excluding carboxylic acids is 2. The Labute approximate surface area is 158 Å². The van der Waals surface area contributed by atoms with Crippen LogP contribution in [0.3, 0.4) is 0 Å². The van der Waals surface area contributed by atoms with E-state index < -0.39 is 23.4 Å². The van der Waals surface area contributed by atoms with Crippen molar-refractivity contribution in [2.24, 2.45) is 0 Å². The Bertz CT molecular complexity index is 862. The van der Waals surface area contributed by atoms with Crippen molar-refractivity contribution in [2.75, 3.05) is 26.0 Å². The molecule has 0 saturated heterocycles. The number of halogens is 4. The fourth-order valence-electron chi connectivity index (χ4n) is 2.15. The normalized spacial score (nSPS) is 10.4. The van der Waals surface area contributed by atoms with E-state index in [1.165, 1.54) is 20.2 Å². The Kier molecular flexibility index (Phi) is 6.39. The van der Waals surface area contributed by atoms with E-state index in [1.54, 1.807) is 12.1 Å². The lowest BCUT2D eigenvalue weighted by molar-refractivity contribution is -0.116. The van der Waals surface area contributed by atoms with E-state index in [4.69, 9.17) is 27.9 Å². The van der Waals surface area contributed by atoms with Crippen molar-refractivity contribution in [1.29, 1.82) is 0 Å². The topological polar surface area (TPSA) is 58.6 Å². The van der Waals surface area contributed by atoms with Gasteiger partial charge in [0, 0.05) is 12.1 Å². The van der Waals surface area contributed by atoms with Gasteiger partial charge >= 0.3 is 0 Å². The maximum absolute atomic E-state index is 13.3. The standard InChI is InChI=1S/C17H14Cl2F2N2O3/c1-23(17(25)10-6-12(20)13(21)7-11(10)19)8-16(24)22-14-5-9(18)3-4-15(14)26-2/h3-7H,8H2,1-2H3,(H,22,24). The summed E-state index contributed by atoms with van der Waals surface area (Å²) in [6.07, 6.45) is 0. The zero-order chi connectivity index (χ0) is 19.4. The molecular weight excluding hydrogens is 389 g/mol. The number of carbonyl (C=O) groups is 2. The molecule has 2 amide bonds. The monoisotopic (exact) mass is 402 g/mol. The van der Waals surface area contributed by atoms with Gasteiger partial charge in [-0.05, 0) is 30.3 Å². The molecule has 0 radical (unpaired) electrons. The molecule has 2 rings (SSSR count). The molecule has 0 aromatic heterocycles. The van der Waals surface area contributed by atoms with Crippen LogP contribution >= 0.6 is 23.2 Å². The van der Waals surface area contributed by atoms with Gasteiger partial charge in [0.1, 0.15) is 5.75 Å². The number of amides is 2. The molecule has 0 bridgehead atoms. The van der Waals surface area contributed by atoms with Gasteiger partial charge in [0.05, 0.1) is 29.9 Å². The van der Waals surface area contributed by atoms with Crippen molar-refractivity contribution < 1.29 is 23.1 Å². The van der Waals surface area contributed by atoms with Gasteiger partial charge in [-0.15, -0.1) is 0 Å². The van der Waals surface area contributed by atoms with Gasteiger partial charge in [0.15, 0.2) is 11.6 Å². The van der Waals surface area contributed by atoms with Crippen molar-refractivity contribution >= 4 is 40.7 Å². The highest BCUT2D eigenvalue weighted by Crippen LogP contribution is 2.27. The van der Waals surface area contributed by atoms with Crippen LogP contribution in [0, 0.1) is 11.6 Å². The third-order valence-corrected chi connectivity index (χ3v) is 3.95. The van der Waals surface area contributed by atoms with E-state index in [0.717, 1.165) is 4.90 Å². The van der Waals surface area contributed by atoms with Crippen molar-refractivity contribution in [2.45, 2.75) is 0 Å². The third kappa shape index (κ3) is 4.62. The highest BCUT2D eigenvalue weighted by molar-refractivity contribution is 6.33. The summed E-state index contributed by atoms with van der Waals surface area (Å²) in [7, 11) is 2.76. The molecule has 9 heteroatoms. The average Bonchev–Trinajstić information content (AvgIpc) is 2.57. The van der Waals surface area contributed by atoms with Crippen molar-refractivity contribution in [3.8, 4) is 5.75 Å². The smallest absolute Gasteiger partial charge is 0.255 e. The van der Waals surface area contributed by atoms with Gasteiger partial charge in [0.2, 0.25) is 5.91 Å². The SMILES string of the molecule is COc1ccc(Cl)cc1NC(=O)CN(C)C(=O)c1cc(F)c(F)cc1Cl. The highest BCUT2D eigenvalue weighted by atomic mass is 35.5. The fraction of sp³-hybridized carbons (Fsp3) is 0.176. The summed E-state index contributed by atoms with van der Waals surface area (Å²) in [6, 6.07) is 6.06. The molecule has 0 heterocycles. The Balaban J connectivity index is 2.11. The predicted octanol–water partition coefficient (Wildman–Crippen LogP) is 3.99. The molecule has 0 unspecified atom stereocenters. The molecule has 5 nitrogen and oxygen atoms in total. The van der Waals surface area contributed by atoms with Crippen LogP contribution in [0.25, 0.3) is 0 Å². The molecule has 138 valence electrons. The van der Waals surface area contributed by atoms with E-state index in [0.29, 0.717) is 28.6 Å². The highest BCUT2D eigenvalue weighted by Gasteiger charge is 2.20. The van der Waals surface area contributed by atoms with Gasteiger partial charge in [-0.1, -0.05) is 23.2 Å². The molecule has 0 aliphatic heterocycles. The Morgan fingerprint density at radius 3 is 2.46 bits per heavy atom. The Morgan fingerprint density at radius 1 is 1.15 bits per heavy atom. The minimum absolute atomic E-state index is 0.249. The number of benzene rings is 2. The summed E-state index contributed by atoms with van der Waals surface area (Å²) >= 11 is 11.7. The third-order valence-electron chi connectivity index (χ3n) is 3.40. The maximum Gasteiger partial charge on any atom is 0.255 e. The number of anilines is 1. The lowest BCUT2D eigenvalue weighted by atomic mass is 10.2. The second-order valence-electron chi connectivity index (χ2n) is 5.30. The summed E-state index contributed by atoms with van der Waals surface area (Å²) in [5, 5.41) is 2.70. The number of hydrogen-bond donors (Lipinski definition) is 1. The number of likely N-dealkylation sites (N-methyl/N-ethyl adjacent to an activating group) is 1. The van der Waals surface area contributed by atoms with Crippen LogP contribution in [-0.4, -0.2) is 37.4 Å². The van der Waals surface area contributed by atoms with Crippen LogP contribution in [0.2, 0.25) is 10.0 Å². The first-order valence-electron chi connectivity index (χ1n) is 7.26. The van der Waals surface area contributed by atoms with Crippen molar-refractivity contribution in [3.05, 3.63) is 57.6 Å². The lowest BCUT2D eigenvalue weighted by Gasteiger charge is -2.18. The van der Waals surface area contributed by atoms with E-state index in [-0.39, 0.29) is 17.1 Å². The number of methoxy groups -OCH3 is 1. The first kappa shape index (κ1) is 19.9. The molecule has 0 spiro atoms. The van der Waals surface area contributed by atoms with Crippen LogP contribution in [0.15, 0.2) is 30.3 Å². The van der Waals surface area contributed by atoms with Crippen molar-refractivity contribution in [1.82, 2.24) is 4.90 Å². The van der Waals surface area contributed by atoms with Crippen LogP contribution in [0.1, 0.15) is 10.4 Å². The van der Waals surface area contributed by atoms with Crippen LogP contribution in [0.4, 0.5) is 14.5 Å². The quantitative estimate of drug-likeness (QED) is 0.769. The summed E-state index contributed by atoms with van der Waals surface area (Å²) in [5.74, 6) is -3.26. The molecule has 0 fully saturated rings. The zero-order valence-electron chi connectivity index (χ0n) is 13.8. The number of rotatable bonds is 5. The van der Waals surface area contributed by atoms with Gasteiger partial charge in [-0.3, -0.25) is 9.59 Å². The van der Waals surface area contributed by atoms with Gasteiger partial charge in [0.25, 0.3) is 5.91 Å². The van der Waals surface area contributed by atoms with Gasteiger partial charge in [-0.2, -0.15) is 0 Å². The van der Waals surface area contributed by atoms with E-state index in [1.807, 2.05) is 0 Å². The van der Waals surface area contributed by atoms with E-state index in [2.05, 4.69) is 5.32 Å². The molecule has 0 saturated carbocycles. The number of nitrogens with one attached hydrogen (secondary N) is 1. The number of hydrogen-bond acceptors (Lipinski definition) is 3. The van der Waals surface area contributed by atoms with Crippen molar-refractivity contribution in [3.63, 3.8) is 0 Å². The molecule has 1 N–H and O–H groups in total. The minimum Gasteiger partial charge on any atom is -0.495 e. The zero-order valence-corrected chi connectivity index (χ0v) is 15.3. The second kappa shape index (κ2) is 8.33. The molecule has 2 aromatic carbocycles. The number of ether oxygens (including phenoxy) is 1. The molecular formula is C17H14Cl2F2N2O3. The average molecular weight is 403 g/mol. The summed E-state index contributed by atoms with van der Waals surface area (Å²) in [6.45, 7) is -0.357. The van der Waals surface area contributed by atoms with Crippen LogP contribution < -0.4 is 10.1 Å². The number of nitrogens with zero attached hydrogens (tertiary/aromatic N) is 1. The van der Waals surface area contributed by atoms with Crippen LogP contribution in [0.5, 0.6) is 5.75 Å². The van der Waals surface area contributed by atoms with E-state index in [9.17, 15) is 18.4 Å². The second-order valence-corrected chi connectivity index (χ2v) is 6.14. The first-order chi connectivity index (χ1) is 12.2. The lowest BCUT2D eigenvalue weighted by Crippen LogP contribution is -2.35. The fourth-order valence-corrected chi connectivity index (χ4v) is 2.55. The largest absolute Gasteiger partial charge is 0.495 e. The van der Waals surface area contributed by atoms with Crippen LogP contribution in [-0.2, 0) is 4.79 Å². The molecule has 2 aromatic rings. The predicted molar refractivity (Wildman–Crippen MR) is 95.0 cm³/mol. The van der Waals surface area contributed by atoms with Gasteiger partial charge < -0.3 is 15.0 Å². The van der Waals surface area contributed by atoms with Gasteiger partial charge in [-0.25, -0.2) is 8.78 Å².